The number of amides is 1. The van der Waals surface area contributed by atoms with Gasteiger partial charge in [0.05, 0.1) is 19.1 Å². The van der Waals surface area contributed by atoms with Crippen LogP contribution in [0, 0.1) is 11.8 Å². The fourth-order valence-corrected chi connectivity index (χ4v) is 4.71. The zero-order chi connectivity index (χ0) is 23.9. The largest absolute Gasteiger partial charge is 0.481 e. The summed E-state index contributed by atoms with van der Waals surface area (Å²) < 4.78 is 0. The zero-order valence-corrected chi connectivity index (χ0v) is 19.1. The van der Waals surface area contributed by atoms with Gasteiger partial charge < -0.3 is 15.5 Å². The molecule has 1 amide bonds. The normalized spacial score (nSPS) is 18.6. The van der Waals surface area contributed by atoms with E-state index in [-0.39, 0.29) is 18.9 Å². The Morgan fingerprint density at radius 1 is 0.882 bits per heavy atom. The van der Waals surface area contributed by atoms with Gasteiger partial charge in [-0.15, -0.1) is 0 Å². The van der Waals surface area contributed by atoms with Crippen molar-refractivity contribution in [3.8, 4) is 11.1 Å². The van der Waals surface area contributed by atoms with Gasteiger partial charge in [0.2, 0.25) is 5.91 Å². The van der Waals surface area contributed by atoms with Crippen LogP contribution in [0.2, 0.25) is 0 Å². The number of carbonyl (C=O) groups is 2. The van der Waals surface area contributed by atoms with Crippen molar-refractivity contribution >= 4 is 11.9 Å². The van der Waals surface area contributed by atoms with Crippen LogP contribution in [0.1, 0.15) is 36.3 Å². The zero-order valence-electron chi connectivity index (χ0n) is 19.1. The molecule has 2 unspecified atom stereocenters. The van der Waals surface area contributed by atoms with Gasteiger partial charge in [0.15, 0.2) is 0 Å². The number of hydrogen-bond donors (Lipinski definition) is 3. The second-order valence-electron chi connectivity index (χ2n) is 9.20. The molecule has 4 rings (SSSR count). The summed E-state index contributed by atoms with van der Waals surface area (Å²) >= 11 is 0. The van der Waals surface area contributed by atoms with Gasteiger partial charge in [-0.05, 0) is 53.4 Å². The lowest BCUT2D eigenvalue weighted by molar-refractivity contribution is -0.141. The van der Waals surface area contributed by atoms with Gasteiger partial charge in [-0.1, -0.05) is 84.9 Å². The van der Waals surface area contributed by atoms with Crippen LogP contribution in [0.3, 0.4) is 0 Å². The summed E-state index contributed by atoms with van der Waals surface area (Å²) in [7, 11) is 0. The number of carbonyl (C=O) groups excluding carboxylic acids is 1. The molecule has 0 heterocycles. The first-order valence-corrected chi connectivity index (χ1v) is 11.9. The summed E-state index contributed by atoms with van der Waals surface area (Å²) in [5, 5.41) is 22.0. The molecule has 34 heavy (non-hydrogen) atoms. The van der Waals surface area contributed by atoms with Crippen LogP contribution in [0.5, 0.6) is 0 Å². The molecule has 0 aromatic heterocycles. The SMILES string of the molecule is O=C(O)C[C@@H](CC1CC1c1ccc(-c2ccccc2)cc1)C(=O)N[C@H](CO)Cc1ccccc1. The van der Waals surface area contributed by atoms with Crippen molar-refractivity contribution in [2.75, 3.05) is 6.61 Å². The van der Waals surface area contributed by atoms with Crippen molar-refractivity contribution in [3.05, 3.63) is 96.1 Å². The predicted octanol–water partition coefficient (Wildman–Crippen LogP) is 4.66. The van der Waals surface area contributed by atoms with Crippen molar-refractivity contribution in [1.29, 1.82) is 0 Å². The molecule has 0 aliphatic heterocycles. The third-order valence-electron chi connectivity index (χ3n) is 6.64. The van der Waals surface area contributed by atoms with E-state index in [1.54, 1.807) is 0 Å². The number of benzene rings is 3. The smallest absolute Gasteiger partial charge is 0.304 e. The molecule has 0 bridgehead atoms. The summed E-state index contributed by atoms with van der Waals surface area (Å²) in [5.41, 5.74) is 4.58. The van der Waals surface area contributed by atoms with E-state index < -0.39 is 17.9 Å². The van der Waals surface area contributed by atoms with Gasteiger partial charge in [-0.2, -0.15) is 0 Å². The van der Waals surface area contributed by atoms with Gasteiger partial charge in [-0.3, -0.25) is 9.59 Å². The molecule has 4 atom stereocenters. The van der Waals surface area contributed by atoms with E-state index in [4.69, 9.17) is 0 Å². The van der Waals surface area contributed by atoms with Crippen LogP contribution in [-0.4, -0.2) is 34.7 Å². The highest BCUT2D eigenvalue weighted by Crippen LogP contribution is 2.51. The molecule has 1 saturated carbocycles. The molecule has 0 radical (unpaired) electrons. The maximum absolute atomic E-state index is 13.0. The molecule has 1 aliphatic rings. The molecule has 0 spiro atoms. The lowest BCUT2D eigenvalue weighted by Crippen LogP contribution is -2.43. The number of aliphatic hydroxyl groups excluding tert-OH is 1. The Kier molecular flexibility index (Phi) is 7.76. The van der Waals surface area contributed by atoms with Gasteiger partial charge in [0, 0.05) is 5.92 Å². The number of nitrogens with one attached hydrogen (secondary N) is 1. The Hall–Kier alpha value is -3.44. The maximum atomic E-state index is 13.0. The molecule has 3 N–H and O–H groups in total. The van der Waals surface area contributed by atoms with E-state index in [1.165, 1.54) is 11.1 Å². The highest BCUT2D eigenvalue weighted by Gasteiger charge is 2.41. The molecule has 5 heteroatoms. The predicted molar refractivity (Wildman–Crippen MR) is 132 cm³/mol. The van der Waals surface area contributed by atoms with Crippen LogP contribution < -0.4 is 5.32 Å². The van der Waals surface area contributed by atoms with Crippen molar-refractivity contribution in [2.24, 2.45) is 11.8 Å². The Morgan fingerprint density at radius 3 is 2.12 bits per heavy atom. The molecular weight excluding hydrogens is 426 g/mol. The van der Waals surface area contributed by atoms with Crippen molar-refractivity contribution in [3.63, 3.8) is 0 Å². The molecule has 176 valence electrons. The van der Waals surface area contributed by atoms with E-state index in [0.29, 0.717) is 24.7 Å². The summed E-state index contributed by atoms with van der Waals surface area (Å²) in [6.07, 6.45) is 1.79. The quantitative estimate of drug-likeness (QED) is 0.391. The first-order valence-electron chi connectivity index (χ1n) is 11.9. The molecule has 3 aromatic carbocycles. The average Bonchev–Trinajstić information content (AvgIpc) is 3.63. The summed E-state index contributed by atoms with van der Waals surface area (Å²) in [6.45, 7) is -0.194. The van der Waals surface area contributed by atoms with E-state index in [1.807, 2.05) is 48.5 Å². The minimum atomic E-state index is -0.979. The number of aliphatic carboxylic acids is 1. The van der Waals surface area contributed by atoms with E-state index in [9.17, 15) is 19.8 Å². The fourth-order valence-electron chi connectivity index (χ4n) is 4.71. The van der Waals surface area contributed by atoms with E-state index in [2.05, 4.69) is 41.7 Å². The van der Waals surface area contributed by atoms with Crippen LogP contribution >= 0.6 is 0 Å². The van der Waals surface area contributed by atoms with Crippen LogP contribution in [0.25, 0.3) is 11.1 Å². The van der Waals surface area contributed by atoms with Gasteiger partial charge in [0.1, 0.15) is 0 Å². The topological polar surface area (TPSA) is 86.6 Å². The number of aliphatic hydroxyl groups is 1. The van der Waals surface area contributed by atoms with E-state index in [0.717, 1.165) is 17.5 Å². The third-order valence-corrected chi connectivity index (χ3v) is 6.64. The molecule has 1 aliphatic carbocycles. The summed E-state index contributed by atoms with van der Waals surface area (Å²) in [6, 6.07) is 27.9. The second kappa shape index (κ2) is 11.1. The Labute approximate surface area is 200 Å². The van der Waals surface area contributed by atoms with Crippen molar-refractivity contribution < 1.29 is 19.8 Å². The fraction of sp³-hybridized carbons (Fsp3) is 0.310. The van der Waals surface area contributed by atoms with Crippen LogP contribution in [-0.2, 0) is 16.0 Å². The van der Waals surface area contributed by atoms with Crippen molar-refractivity contribution in [1.82, 2.24) is 5.32 Å². The standard InChI is InChI=1S/C29H31NO4/c31-19-26(15-20-7-3-1-4-8-20)30-29(34)25(18-28(32)33)16-24-17-27(24)23-13-11-22(12-14-23)21-9-5-2-6-10-21/h1-14,24-27,31H,15-19H2,(H,30,34)(H,32,33)/t24?,25-,26+,27?/m1/s1. The molecule has 5 nitrogen and oxygen atoms in total. The number of rotatable bonds is 11. The van der Waals surface area contributed by atoms with Crippen LogP contribution in [0.4, 0.5) is 0 Å². The minimum Gasteiger partial charge on any atom is -0.481 e. The Morgan fingerprint density at radius 2 is 1.50 bits per heavy atom. The third kappa shape index (κ3) is 6.33. The minimum absolute atomic E-state index is 0.194. The highest BCUT2D eigenvalue weighted by atomic mass is 16.4. The van der Waals surface area contributed by atoms with Gasteiger partial charge in [0.25, 0.3) is 0 Å². The maximum Gasteiger partial charge on any atom is 0.304 e. The molecule has 3 aromatic rings. The summed E-state index contributed by atoms with van der Waals surface area (Å²) in [5.74, 6) is -1.23. The highest BCUT2D eigenvalue weighted by molar-refractivity contribution is 5.83. The lowest BCUT2D eigenvalue weighted by Gasteiger charge is -2.21. The average molecular weight is 458 g/mol. The molecule has 1 fully saturated rings. The molecular formula is C29H31NO4. The Balaban J connectivity index is 1.36. The lowest BCUT2D eigenvalue weighted by atomic mass is 9.94. The van der Waals surface area contributed by atoms with Crippen molar-refractivity contribution in [2.45, 2.75) is 37.6 Å². The monoisotopic (exact) mass is 457 g/mol. The molecule has 0 saturated heterocycles. The number of carboxylic acids is 1. The number of carboxylic acid groups (broad SMARTS) is 1. The van der Waals surface area contributed by atoms with E-state index >= 15 is 0 Å². The first-order chi connectivity index (χ1) is 16.5. The van der Waals surface area contributed by atoms with Crippen LogP contribution in [0.15, 0.2) is 84.9 Å². The van der Waals surface area contributed by atoms with Gasteiger partial charge in [-0.25, -0.2) is 0 Å². The number of hydrogen-bond acceptors (Lipinski definition) is 3. The summed E-state index contributed by atoms with van der Waals surface area (Å²) in [4.78, 5) is 24.4. The van der Waals surface area contributed by atoms with Gasteiger partial charge >= 0.3 is 5.97 Å². The first kappa shape index (κ1) is 23.7. The second-order valence-corrected chi connectivity index (χ2v) is 9.20. The Bertz CT molecular complexity index is 1080.